The smallest absolute Gasteiger partial charge is 0.278 e. The van der Waals surface area contributed by atoms with Gasteiger partial charge >= 0.3 is 6.18 Å². The maximum absolute atomic E-state index is 12.9. The lowest BCUT2D eigenvalue weighted by Crippen LogP contribution is -2.31. The zero-order chi connectivity index (χ0) is 18.5. The van der Waals surface area contributed by atoms with Crippen molar-refractivity contribution in [3.05, 3.63) is 59.7 Å². The number of likely N-dealkylation sites (tertiary alicyclic amines) is 1. The number of hydrogen-bond acceptors (Lipinski definition) is 2. The number of nitrogens with zero attached hydrogens (tertiary/aromatic N) is 1. The number of hydrogen-bond donors (Lipinski definition) is 0. The van der Waals surface area contributed by atoms with E-state index in [-0.39, 0.29) is 43.0 Å². The SMILES string of the molecule is O=C1C[C@]2(CC2[C@@H]2C=CC(C(F)(F)F)=CC2)C(=O)N1Cc1ccccc1. The van der Waals surface area contributed by atoms with E-state index in [9.17, 15) is 22.8 Å². The number of allylic oxidation sites excluding steroid dienone is 4. The van der Waals surface area contributed by atoms with Crippen LogP contribution < -0.4 is 0 Å². The third kappa shape index (κ3) is 2.77. The van der Waals surface area contributed by atoms with E-state index in [0.29, 0.717) is 6.42 Å². The van der Waals surface area contributed by atoms with Gasteiger partial charge in [-0.05, 0) is 30.2 Å². The van der Waals surface area contributed by atoms with Gasteiger partial charge in [-0.1, -0.05) is 48.6 Å². The van der Waals surface area contributed by atoms with Gasteiger partial charge in [0.15, 0.2) is 0 Å². The predicted molar refractivity (Wildman–Crippen MR) is 88.5 cm³/mol. The van der Waals surface area contributed by atoms with Crippen LogP contribution in [-0.4, -0.2) is 22.9 Å². The molecule has 1 aromatic rings. The number of amides is 2. The van der Waals surface area contributed by atoms with Crippen molar-refractivity contribution in [3.8, 4) is 0 Å². The van der Waals surface area contributed by atoms with Crippen LogP contribution >= 0.6 is 0 Å². The van der Waals surface area contributed by atoms with Gasteiger partial charge in [0.2, 0.25) is 11.8 Å². The Morgan fingerprint density at radius 2 is 1.88 bits per heavy atom. The van der Waals surface area contributed by atoms with Crippen molar-refractivity contribution >= 4 is 11.8 Å². The number of halogens is 3. The predicted octanol–water partition coefficient (Wildman–Crippen LogP) is 4.02. The van der Waals surface area contributed by atoms with Crippen LogP contribution in [0.5, 0.6) is 0 Å². The van der Waals surface area contributed by atoms with Crippen LogP contribution in [-0.2, 0) is 16.1 Å². The van der Waals surface area contributed by atoms with E-state index in [4.69, 9.17) is 0 Å². The Kier molecular flexibility index (Phi) is 3.82. The van der Waals surface area contributed by atoms with E-state index < -0.39 is 17.2 Å². The quantitative estimate of drug-likeness (QED) is 0.763. The molecule has 4 rings (SSSR count). The topological polar surface area (TPSA) is 37.4 Å². The number of imide groups is 1. The van der Waals surface area contributed by atoms with Crippen LogP contribution in [0.2, 0.25) is 0 Å². The summed E-state index contributed by atoms with van der Waals surface area (Å²) in [4.78, 5) is 26.6. The van der Waals surface area contributed by atoms with E-state index in [2.05, 4.69) is 0 Å². The number of carbonyl (C=O) groups is 2. The highest BCUT2D eigenvalue weighted by Crippen LogP contribution is 2.64. The van der Waals surface area contributed by atoms with Crippen LogP contribution in [0.25, 0.3) is 0 Å². The van der Waals surface area contributed by atoms with Gasteiger partial charge in [0.25, 0.3) is 0 Å². The molecule has 1 saturated carbocycles. The lowest BCUT2D eigenvalue weighted by molar-refractivity contribution is -0.140. The molecule has 2 aliphatic carbocycles. The van der Waals surface area contributed by atoms with Crippen molar-refractivity contribution in [2.45, 2.75) is 32.0 Å². The highest BCUT2D eigenvalue weighted by atomic mass is 19.4. The Morgan fingerprint density at radius 3 is 2.50 bits per heavy atom. The van der Waals surface area contributed by atoms with E-state index in [0.717, 1.165) is 11.6 Å². The second-order valence-corrected chi connectivity index (χ2v) is 7.33. The van der Waals surface area contributed by atoms with Gasteiger partial charge in [-0.15, -0.1) is 0 Å². The first-order valence-electron chi connectivity index (χ1n) is 8.65. The van der Waals surface area contributed by atoms with Crippen LogP contribution in [0.15, 0.2) is 54.1 Å². The van der Waals surface area contributed by atoms with Crippen molar-refractivity contribution in [2.24, 2.45) is 17.3 Å². The summed E-state index contributed by atoms with van der Waals surface area (Å²) < 4.78 is 38.2. The fraction of sp³-hybridized carbons (Fsp3) is 0.400. The van der Waals surface area contributed by atoms with Crippen molar-refractivity contribution in [3.63, 3.8) is 0 Å². The van der Waals surface area contributed by atoms with Crippen LogP contribution in [0, 0.1) is 17.3 Å². The molecule has 1 aliphatic heterocycles. The van der Waals surface area contributed by atoms with E-state index in [1.807, 2.05) is 30.3 Å². The Bertz CT molecular complexity index is 812. The Hall–Kier alpha value is -2.37. The highest BCUT2D eigenvalue weighted by molar-refractivity contribution is 6.07. The summed E-state index contributed by atoms with van der Waals surface area (Å²) in [5.74, 6) is -0.528. The molecule has 1 aromatic carbocycles. The molecule has 1 heterocycles. The van der Waals surface area contributed by atoms with E-state index >= 15 is 0 Å². The monoisotopic (exact) mass is 361 g/mol. The highest BCUT2D eigenvalue weighted by Gasteiger charge is 2.68. The molecule has 2 amide bonds. The maximum Gasteiger partial charge on any atom is 0.416 e. The largest absolute Gasteiger partial charge is 0.416 e. The minimum absolute atomic E-state index is 0.0537. The third-order valence-electron chi connectivity index (χ3n) is 5.73. The van der Waals surface area contributed by atoms with Crippen LogP contribution in [0.4, 0.5) is 13.2 Å². The first-order chi connectivity index (χ1) is 12.3. The normalized spacial score (nSPS) is 30.9. The molecule has 6 heteroatoms. The first kappa shape index (κ1) is 17.1. The molecule has 3 aliphatic rings. The molecule has 1 unspecified atom stereocenters. The van der Waals surface area contributed by atoms with Crippen molar-refractivity contribution < 1.29 is 22.8 Å². The first-order valence-corrected chi connectivity index (χ1v) is 8.65. The van der Waals surface area contributed by atoms with Crippen LogP contribution in [0.3, 0.4) is 0 Å². The summed E-state index contributed by atoms with van der Waals surface area (Å²) in [7, 11) is 0. The van der Waals surface area contributed by atoms with Crippen LogP contribution in [0.1, 0.15) is 24.8 Å². The fourth-order valence-corrected chi connectivity index (χ4v) is 4.24. The zero-order valence-corrected chi connectivity index (χ0v) is 14.0. The van der Waals surface area contributed by atoms with Gasteiger partial charge in [0, 0.05) is 6.42 Å². The summed E-state index contributed by atoms with van der Waals surface area (Å²) in [6.45, 7) is 0.256. The number of alkyl halides is 3. The molecule has 0 aromatic heterocycles. The van der Waals surface area contributed by atoms with E-state index in [1.54, 1.807) is 6.08 Å². The Labute approximate surface area is 149 Å². The average molecular weight is 361 g/mol. The van der Waals surface area contributed by atoms with E-state index in [1.165, 1.54) is 11.0 Å². The summed E-state index contributed by atoms with van der Waals surface area (Å²) in [5.41, 5.74) is -0.452. The molecule has 0 radical (unpaired) electrons. The van der Waals surface area contributed by atoms with Gasteiger partial charge in [-0.25, -0.2) is 0 Å². The second-order valence-electron chi connectivity index (χ2n) is 7.33. The number of carbonyl (C=O) groups excluding carboxylic acids is 2. The summed E-state index contributed by atoms with van der Waals surface area (Å²) in [6.07, 6.45) is 0.519. The average Bonchev–Trinajstić information content (AvgIpc) is 3.29. The molecule has 0 N–H and O–H groups in total. The lowest BCUT2D eigenvalue weighted by atomic mass is 9.87. The van der Waals surface area contributed by atoms with Gasteiger partial charge in [-0.2, -0.15) is 13.2 Å². The van der Waals surface area contributed by atoms with Crippen molar-refractivity contribution in [1.82, 2.24) is 4.90 Å². The molecule has 3 nitrogen and oxygen atoms in total. The lowest BCUT2D eigenvalue weighted by Gasteiger charge is -2.20. The molecule has 136 valence electrons. The maximum atomic E-state index is 12.9. The molecular weight excluding hydrogens is 343 g/mol. The molecule has 2 fully saturated rings. The summed E-state index contributed by atoms with van der Waals surface area (Å²) in [6, 6.07) is 9.31. The summed E-state index contributed by atoms with van der Waals surface area (Å²) in [5, 5.41) is 0. The Balaban J connectivity index is 1.45. The van der Waals surface area contributed by atoms with Gasteiger partial charge in [0.05, 0.1) is 17.5 Å². The minimum Gasteiger partial charge on any atom is -0.278 e. The standard InChI is InChI=1S/C20H18F3NO2/c21-20(22,23)15-8-6-14(7-9-15)16-10-19(16)11-17(25)24(18(19)26)12-13-4-2-1-3-5-13/h1-6,8-9,14,16H,7,10-12H2/t14-,16?,19+/m1/s1. The molecule has 1 spiro atoms. The summed E-state index contributed by atoms with van der Waals surface area (Å²) >= 11 is 0. The van der Waals surface area contributed by atoms with Crippen molar-refractivity contribution in [1.29, 1.82) is 0 Å². The second kappa shape index (κ2) is 5.83. The zero-order valence-electron chi connectivity index (χ0n) is 14.0. The Morgan fingerprint density at radius 1 is 1.15 bits per heavy atom. The third-order valence-corrected chi connectivity index (χ3v) is 5.73. The fourth-order valence-electron chi connectivity index (χ4n) is 4.24. The molecule has 3 atom stereocenters. The van der Waals surface area contributed by atoms with Crippen molar-refractivity contribution in [2.75, 3.05) is 0 Å². The molecule has 26 heavy (non-hydrogen) atoms. The van der Waals surface area contributed by atoms with Gasteiger partial charge in [-0.3, -0.25) is 14.5 Å². The minimum atomic E-state index is -4.34. The molecule has 0 bridgehead atoms. The molecule has 1 saturated heterocycles. The number of benzene rings is 1. The van der Waals surface area contributed by atoms with Gasteiger partial charge < -0.3 is 0 Å². The molecular formula is C20H18F3NO2. The van der Waals surface area contributed by atoms with Gasteiger partial charge in [0.1, 0.15) is 0 Å². The number of rotatable bonds is 3.